The fraction of sp³-hybridized carbons (Fsp3) is 1.00. The molecule has 1 atom stereocenters. The van der Waals surface area contributed by atoms with E-state index in [4.69, 9.17) is 5.11 Å². The van der Waals surface area contributed by atoms with E-state index < -0.39 is 13.9 Å². The van der Waals surface area contributed by atoms with Crippen LogP contribution in [0, 0.1) is 0 Å². The van der Waals surface area contributed by atoms with E-state index in [2.05, 4.69) is 8.10 Å². The van der Waals surface area contributed by atoms with Gasteiger partial charge in [-0.1, -0.05) is 0 Å². The Kier molecular flexibility index (Phi) is 3.92. The Balaban J connectivity index is 3.79. The van der Waals surface area contributed by atoms with E-state index in [9.17, 15) is 4.57 Å². The predicted molar refractivity (Wildman–Crippen MR) is 28.5 cm³/mol. The van der Waals surface area contributed by atoms with E-state index in [1.54, 1.807) is 16.6 Å². The second kappa shape index (κ2) is 3.63. The highest BCUT2D eigenvalue weighted by molar-refractivity contribution is 7.54. The summed E-state index contributed by atoms with van der Waals surface area (Å²) in [7, 11) is -1.93. The van der Waals surface area contributed by atoms with Crippen LogP contribution in [0.2, 0.25) is 0 Å². The summed E-state index contributed by atoms with van der Waals surface area (Å²) in [5.74, 6) is 0. The van der Waals surface area contributed by atoms with Gasteiger partial charge in [-0.2, -0.15) is 0 Å². The van der Waals surface area contributed by atoms with E-state index in [0.717, 1.165) is 0 Å². The van der Waals surface area contributed by atoms with Crippen molar-refractivity contribution in [3.05, 3.63) is 0 Å². The molecule has 8 heavy (non-hydrogen) atoms. The monoisotopic (exact) mass is 152 g/mol. The molecule has 0 saturated heterocycles. The zero-order valence-electron chi connectivity index (χ0n) is 4.40. The maximum atomic E-state index is 10.6. The molecular formula is C2H6AlO4P. The smallest absolute Gasteiger partial charge is 0.385 e. The van der Waals surface area contributed by atoms with Gasteiger partial charge in [0.1, 0.15) is 6.35 Å². The quantitative estimate of drug-likeness (QED) is 0.452. The SMILES string of the molecule is COP(=O)(CO)[O][Al]. The minimum Gasteiger partial charge on any atom is -0.454 e. The van der Waals surface area contributed by atoms with Gasteiger partial charge in [-0.25, -0.2) is 0 Å². The van der Waals surface area contributed by atoms with E-state index in [0.29, 0.717) is 0 Å². The van der Waals surface area contributed by atoms with Gasteiger partial charge in [0, 0.05) is 7.11 Å². The molecule has 0 saturated carbocycles. The second-order valence-electron chi connectivity index (χ2n) is 1.04. The Hall–Kier alpha value is 0.642. The molecule has 0 aliphatic carbocycles. The van der Waals surface area contributed by atoms with Gasteiger partial charge in [0.25, 0.3) is 0 Å². The number of hydrogen-bond acceptors (Lipinski definition) is 4. The van der Waals surface area contributed by atoms with Gasteiger partial charge in [0.2, 0.25) is 0 Å². The maximum Gasteiger partial charge on any atom is 0.385 e. The van der Waals surface area contributed by atoms with Crippen molar-refractivity contribution in [1.82, 2.24) is 0 Å². The zero-order chi connectivity index (χ0) is 6.62. The van der Waals surface area contributed by atoms with Gasteiger partial charge >= 0.3 is 24.2 Å². The molecule has 0 aromatic rings. The number of aliphatic hydroxyl groups excluding tert-OH is 1. The third kappa shape index (κ3) is 2.27. The fourth-order valence-electron chi connectivity index (χ4n) is 0.134. The molecule has 0 rings (SSSR count). The van der Waals surface area contributed by atoms with Crippen LogP contribution >= 0.6 is 7.60 Å². The number of rotatable bonds is 3. The summed E-state index contributed by atoms with van der Waals surface area (Å²) in [6, 6.07) is 0. The lowest BCUT2D eigenvalue weighted by molar-refractivity contribution is 0.269. The summed E-state index contributed by atoms with van der Waals surface area (Å²) in [6.07, 6.45) is -0.590. The Morgan fingerprint density at radius 3 is 2.38 bits per heavy atom. The molecular weight excluding hydrogens is 146 g/mol. The van der Waals surface area contributed by atoms with Crippen molar-refractivity contribution in [1.29, 1.82) is 0 Å². The summed E-state index contributed by atoms with van der Waals surface area (Å²) < 4.78 is 19.1. The van der Waals surface area contributed by atoms with Crippen LogP contribution in [0.3, 0.4) is 0 Å². The first-order valence-corrected chi connectivity index (χ1v) is 4.02. The molecule has 0 fully saturated rings. The summed E-state index contributed by atoms with van der Waals surface area (Å²) in [5.41, 5.74) is 0. The van der Waals surface area contributed by atoms with Gasteiger partial charge in [0.05, 0.1) is 0 Å². The molecule has 0 aliphatic rings. The van der Waals surface area contributed by atoms with Crippen molar-refractivity contribution >= 4 is 24.2 Å². The summed E-state index contributed by atoms with van der Waals surface area (Å²) in [6.45, 7) is 0. The average molecular weight is 152 g/mol. The molecule has 1 unspecified atom stereocenters. The van der Waals surface area contributed by atoms with Crippen LogP contribution in [-0.4, -0.2) is 35.2 Å². The molecule has 6 heteroatoms. The van der Waals surface area contributed by atoms with Crippen molar-refractivity contribution in [2.24, 2.45) is 0 Å². The number of hydrogen-bond donors (Lipinski definition) is 1. The van der Waals surface area contributed by atoms with Crippen LogP contribution in [0.25, 0.3) is 0 Å². The minimum atomic E-state index is -3.14. The molecule has 1 N–H and O–H groups in total. The maximum absolute atomic E-state index is 10.6. The Morgan fingerprint density at radius 1 is 1.88 bits per heavy atom. The third-order valence-electron chi connectivity index (χ3n) is 0.612. The third-order valence-corrected chi connectivity index (χ3v) is 2.80. The molecule has 0 aromatic heterocycles. The first-order chi connectivity index (χ1) is 3.68. The van der Waals surface area contributed by atoms with Crippen LogP contribution in [0.4, 0.5) is 0 Å². The van der Waals surface area contributed by atoms with Gasteiger partial charge in [0.15, 0.2) is 0 Å². The highest BCUT2D eigenvalue weighted by Gasteiger charge is 2.15. The van der Waals surface area contributed by atoms with Gasteiger partial charge in [-0.15, -0.1) is 0 Å². The zero-order valence-corrected chi connectivity index (χ0v) is 6.45. The first kappa shape index (κ1) is 8.64. The second-order valence-corrected chi connectivity index (χ2v) is 3.75. The molecule has 0 aromatic carbocycles. The fourth-order valence-corrected chi connectivity index (χ4v) is 0.861. The van der Waals surface area contributed by atoms with E-state index in [1.165, 1.54) is 7.11 Å². The molecule has 0 heterocycles. The summed E-state index contributed by atoms with van der Waals surface area (Å²) in [4.78, 5) is 0. The molecule has 4 nitrogen and oxygen atoms in total. The standard InChI is InChI=1S/C2H7O4P.Al/c1-6-7(4,5)2-3;/h3H,2H2,1H3,(H,4,5);/q;+1/p-1. The van der Waals surface area contributed by atoms with Crippen molar-refractivity contribution < 1.29 is 17.8 Å². The van der Waals surface area contributed by atoms with Crippen LogP contribution in [0.5, 0.6) is 0 Å². The normalized spacial score (nSPS) is 17.8. The van der Waals surface area contributed by atoms with Crippen LogP contribution in [-0.2, 0) is 12.7 Å². The Bertz CT molecular complexity index is 85.2. The lowest BCUT2D eigenvalue weighted by Gasteiger charge is -2.10. The van der Waals surface area contributed by atoms with Crippen LogP contribution in [0.1, 0.15) is 0 Å². The van der Waals surface area contributed by atoms with Crippen LogP contribution < -0.4 is 0 Å². The lowest BCUT2D eigenvalue weighted by atomic mass is 11.7. The van der Waals surface area contributed by atoms with Crippen molar-refractivity contribution in [3.8, 4) is 0 Å². The molecule has 0 bridgehead atoms. The van der Waals surface area contributed by atoms with Gasteiger partial charge in [-0.3, -0.25) is 4.57 Å². The van der Waals surface area contributed by atoms with Crippen molar-refractivity contribution in [2.45, 2.75) is 0 Å². The lowest BCUT2D eigenvalue weighted by Crippen LogP contribution is -1.92. The van der Waals surface area contributed by atoms with Gasteiger partial charge in [-0.05, 0) is 0 Å². The van der Waals surface area contributed by atoms with E-state index in [-0.39, 0.29) is 0 Å². The summed E-state index contributed by atoms with van der Waals surface area (Å²) in [5, 5.41) is 8.26. The van der Waals surface area contributed by atoms with E-state index >= 15 is 0 Å². The van der Waals surface area contributed by atoms with E-state index in [1.807, 2.05) is 0 Å². The largest absolute Gasteiger partial charge is 0.454 e. The van der Waals surface area contributed by atoms with Gasteiger partial charge < -0.3 is 13.2 Å². The highest BCUT2D eigenvalue weighted by Crippen LogP contribution is 2.44. The molecule has 0 amide bonds. The minimum absolute atomic E-state index is 0.590. The van der Waals surface area contributed by atoms with Crippen LogP contribution in [0.15, 0.2) is 0 Å². The average Bonchev–Trinajstić information content (AvgIpc) is 1.87. The Morgan fingerprint density at radius 2 is 2.38 bits per heavy atom. The number of aliphatic hydroxyl groups is 1. The Labute approximate surface area is 56.1 Å². The topological polar surface area (TPSA) is 55.8 Å². The van der Waals surface area contributed by atoms with Crippen molar-refractivity contribution in [2.75, 3.05) is 13.5 Å². The highest BCUT2D eigenvalue weighted by atomic mass is 31.2. The first-order valence-electron chi connectivity index (χ1n) is 1.82. The molecule has 46 valence electrons. The molecule has 0 aliphatic heterocycles. The predicted octanol–water partition coefficient (Wildman–Crippen LogP) is -0.124. The molecule has 2 radical (unpaired) electrons. The summed E-state index contributed by atoms with van der Waals surface area (Å²) >= 11 is 1.77. The molecule has 0 spiro atoms. The van der Waals surface area contributed by atoms with Crippen molar-refractivity contribution in [3.63, 3.8) is 0 Å².